The van der Waals surface area contributed by atoms with E-state index in [0.717, 1.165) is 29.7 Å². The molecule has 1 saturated carbocycles. The Morgan fingerprint density at radius 2 is 1.96 bits per heavy atom. The van der Waals surface area contributed by atoms with Crippen molar-refractivity contribution in [3.8, 4) is 11.5 Å². The van der Waals surface area contributed by atoms with Crippen molar-refractivity contribution in [2.75, 3.05) is 0 Å². The zero-order valence-corrected chi connectivity index (χ0v) is 14.5. The van der Waals surface area contributed by atoms with E-state index in [9.17, 15) is 9.90 Å². The quantitative estimate of drug-likeness (QED) is 0.870. The molecule has 5 heteroatoms. The Labute approximate surface area is 148 Å². The van der Waals surface area contributed by atoms with Gasteiger partial charge in [0.15, 0.2) is 5.69 Å². The van der Waals surface area contributed by atoms with Crippen molar-refractivity contribution in [1.82, 2.24) is 10.3 Å². The molecule has 1 aromatic heterocycles. The first-order valence-electron chi connectivity index (χ1n) is 8.81. The summed E-state index contributed by atoms with van der Waals surface area (Å²) in [5, 5.41) is 12.6. The molecule has 1 fully saturated rings. The number of nitrogens with one attached hydrogen (secondary N) is 1. The molecule has 2 aromatic rings. The van der Waals surface area contributed by atoms with Crippen LogP contribution < -0.4 is 10.1 Å². The Morgan fingerprint density at radius 1 is 1.24 bits per heavy atom. The van der Waals surface area contributed by atoms with Crippen molar-refractivity contribution in [1.29, 1.82) is 0 Å². The van der Waals surface area contributed by atoms with Crippen molar-refractivity contribution >= 4 is 5.91 Å². The molecule has 3 rings (SSSR count). The van der Waals surface area contributed by atoms with Crippen LogP contribution in [-0.4, -0.2) is 22.1 Å². The highest BCUT2D eigenvalue weighted by molar-refractivity contribution is 5.94. The molecule has 0 radical (unpaired) electrons. The number of rotatable bonds is 5. The van der Waals surface area contributed by atoms with Gasteiger partial charge in [-0.25, -0.2) is 4.98 Å². The number of nitrogens with zero attached hydrogens (tertiary/aromatic N) is 1. The third-order valence-electron chi connectivity index (χ3n) is 4.45. The van der Waals surface area contributed by atoms with Gasteiger partial charge >= 0.3 is 0 Å². The number of hydrogen-bond acceptors (Lipinski definition) is 4. The molecule has 1 heterocycles. The molecule has 0 saturated heterocycles. The maximum absolute atomic E-state index is 12.1. The highest BCUT2D eigenvalue weighted by atomic mass is 16.5. The van der Waals surface area contributed by atoms with Crippen LogP contribution in [0, 0.1) is 6.92 Å². The number of aromatic hydroxyl groups is 1. The molecular weight excluding hydrogens is 316 g/mol. The third kappa shape index (κ3) is 4.72. The van der Waals surface area contributed by atoms with Gasteiger partial charge in [0.25, 0.3) is 5.91 Å². The van der Waals surface area contributed by atoms with Crippen LogP contribution in [0.3, 0.4) is 0 Å². The van der Waals surface area contributed by atoms with E-state index in [1.807, 2.05) is 31.2 Å². The van der Waals surface area contributed by atoms with Crippen LogP contribution in [0.4, 0.5) is 0 Å². The molecule has 1 amide bonds. The third-order valence-corrected chi connectivity index (χ3v) is 4.45. The molecule has 1 aromatic carbocycles. The minimum atomic E-state index is -0.389. The zero-order chi connectivity index (χ0) is 17.6. The van der Waals surface area contributed by atoms with Crippen LogP contribution in [0.1, 0.15) is 53.7 Å². The van der Waals surface area contributed by atoms with Crippen LogP contribution in [0.15, 0.2) is 36.5 Å². The summed E-state index contributed by atoms with van der Waals surface area (Å²) in [6, 6.07) is 9.30. The van der Waals surface area contributed by atoms with E-state index in [-0.39, 0.29) is 17.4 Å². The number of hydrogen-bond donors (Lipinski definition) is 2. The van der Waals surface area contributed by atoms with Crippen molar-refractivity contribution in [3.63, 3.8) is 0 Å². The van der Waals surface area contributed by atoms with E-state index in [4.69, 9.17) is 4.74 Å². The van der Waals surface area contributed by atoms with Gasteiger partial charge in [-0.2, -0.15) is 0 Å². The van der Waals surface area contributed by atoms with E-state index < -0.39 is 0 Å². The smallest absolute Gasteiger partial charge is 0.274 e. The fourth-order valence-corrected chi connectivity index (χ4v) is 3.06. The summed E-state index contributed by atoms with van der Waals surface area (Å²) in [4.78, 5) is 16.1. The molecule has 5 nitrogen and oxygen atoms in total. The van der Waals surface area contributed by atoms with Gasteiger partial charge in [0, 0.05) is 12.7 Å². The number of aryl methyl sites for hydroxylation is 1. The number of ether oxygens (including phenoxy) is 1. The van der Waals surface area contributed by atoms with Crippen LogP contribution >= 0.6 is 0 Å². The van der Waals surface area contributed by atoms with Crippen molar-refractivity contribution < 1.29 is 14.6 Å². The van der Waals surface area contributed by atoms with Gasteiger partial charge in [-0.1, -0.05) is 18.6 Å². The number of amides is 1. The largest absolute Gasteiger partial charge is 0.505 e. The summed E-state index contributed by atoms with van der Waals surface area (Å²) in [6.45, 7) is 2.18. The fourth-order valence-electron chi connectivity index (χ4n) is 3.06. The second-order valence-corrected chi connectivity index (χ2v) is 6.58. The molecule has 1 aliphatic rings. The van der Waals surface area contributed by atoms with E-state index in [1.54, 1.807) is 6.20 Å². The molecule has 1 aliphatic carbocycles. The maximum Gasteiger partial charge on any atom is 0.274 e. The first-order chi connectivity index (χ1) is 12.1. The Balaban J connectivity index is 1.53. The number of aromatic nitrogens is 1. The lowest BCUT2D eigenvalue weighted by atomic mass is 9.98. The molecule has 0 aliphatic heterocycles. The number of carbonyl (C=O) groups is 1. The van der Waals surface area contributed by atoms with Gasteiger partial charge in [0.2, 0.25) is 0 Å². The first-order valence-corrected chi connectivity index (χ1v) is 8.81. The number of benzene rings is 1. The Kier molecular flexibility index (Phi) is 5.53. The summed E-state index contributed by atoms with van der Waals surface area (Å²) in [5.41, 5.74) is 1.82. The molecule has 0 atom stereocenters. The SMILES string of the molecule is Cc1cnc(C(=O)NCc2ccc(OC3CCCCC3)cc2)c(O)c1. The standard InChI is InChI=1S/C20H24N2O3/c1-14-11-18(23)19(21-12-14)20(24)22-13-15-7-9-17(10-8-15)25-16-5-3-2-4-6-16/h7-12,16,23H,2-6,13H2,1H3,(H,22,24). The van der Waals surface area contributed by atoms with Crippen LogP contribution in [0.5, 0.6) is 11.5 Å². The Hall–Kier alpha value is -2.56. The second kappa shape index (κ2) is 8.01. The lowest BCUT2D eigenvalue weighted by Crippen LogP contribution is -2.24. The highest BCUT2D eigenvalue weighted by Gasteiger charge is 2.15. The minimum absolute atomic E-state index is 0.0443. The Morgan fingerprint density at radius 3 is 2.64 bits per heavy atom. The lowest BCUT2D eigenvalue weighted by molar-refractivity contribution is 0.0943. The second-order valence-electron chi connectivity index (χ2n) is 6.58. The fraction of sp³-hybridized carbons (Fsp3) is 0.400. The number of carbonyl (C=O) groups excluding carboxylic acids is 1. The van der Waals surface area contributed by atoms with Crippen molar-refractivity contribution in [2.45, 2.75) is 51.7 Å². The van der Waals surface area contributed by atoms with Gasteiger partial charge in [-0.3, -0.25) is 4.79 Å². The van der Waals surface area contributed by atoms with Gasteiger partial charge in [0.1, 0.15) is 11.5 Å². The molecule has 25 heavy (non-hydrogen) atoms. The monoisotopic (exact) mass is 340 g/mol. The molecule has 2 N–H and O–H groups in total. The molecule has 0 spiro atoms. The van der Waals surface area contributed by atoms with Gasteiger partial charge in [0.05, 0.1) is 6.10 Å². The topological polar surface area (TPSA) is 71.5 Å². The maximum atomic E-state index is 12.1. The van der Waals surface area contributed by atoms with Crippen LogP contribution in [-0.2, 0) is 6.54 Å². The van der Waals surface area contributed by atoms with Crippen molar-refractivity contribution in [2.24, 2.45) is 0 Å². The zero-order valence-electron chi connectivity index (χ0n) is 14.5. The average molecular weight is 340 g/mol. The average Bonchev–Trinajstić information content (AvgIpc) is 2.62. The van der Waals surface area contributed by atoms with Crippen LogP contribution in [0.25, 0.3) is 0 Å². The predicted molar refractivity (Wildman–Crippen MR) is 95.8 cm³/mol. The molecular formula is C20H24N2O3. The first kappa shape index (κ1) is 17.3. The van der Waals surface area contributed by atoms with E-state index >= 15 is 0 Å². The minimum Gasteiger partial charge on any atom is -0.505 e. The summed E-state index contributed by atoms with van der Waals surface area (Å²) >= 11 is 0. The molecule has 0 bridgehead atoms. The summed E-state index contributed by atoms with van der Waals surface area (Å²) in [7, 11) is 0. The summed E-state index contributed by atoms with van der Waals surface area (Å²) in [6.07, 6.45) is 7.95. The van der Waals surface area contributed by atoms with Gasteiger partial charge in [-0.05, 0) is 61.9 Å². The van der Waals surface area contributed by atoms with Gasteiger partial charge < -0.3 is 15.2 Å². The highest BCUT2D eigenvalue weighted by Crippen LogP contribution is 2.23. The van der Waals surface area contributed by atoms with Crippen LogP contribution in [0.2, 0.25) is 0 Å². The molecule has 132 valence electrons. The van der Waals surface area contributed by atoms with E-state index in [2.05, 4.69) is 10.3 Å². The predicted octanol–water partition coefficient (Wildman–Crippen LogP) is 3.74. The normalized spacial score (nSPS) is 14.9. The van der Waals surface area contributed by atoms with E-state index in [1.165, 1.54) is 25.3 Å². The van der Waals surface area contributed by atoms with Gasteiger partial charge in [-0.15, -0.1) is 0 Å². The van der Waals surface area contributed by atoms with Crippen molar-refractivity contribution in [3.05, 3.63) is 53.3 Å². The summed E-state index contributed by atoms with van der Waals surface area (Å²) < 4.78 is 6.00. The summed E-state index contributed by atoms with van der Waals surface area (Å²) in [5.74, 6) is 0.383. The number of pyridine rings is 1. The Bertz CT molecular complexity index is 722. The molecule has 0 unspecified atom stereocenters. The lowest BCUT2D eigenvalue weighted by Gasteiger charge is -2.23. The van der Waals surface area contributed by atoms with E-state index in [0.29, 0.717) is 12.6 Å².